The Morgan fingerprint density at radius 2 is 0.906 bits per heavy atom. The first kappa shape index (κ1) is 43.5. The number of phenols is 2. The van der Waals surface area contributed by atoms with Gasteiger partial charge in [-0.1, -0.05) is 12.1 Å². The van der Waals surface area contributed by atoms with Crippen molar-refractivity contribution in [3.63, 3.8) is 0 Å². The number of phenolic OH excluding ortho intramolecular Hbond substituents is 2. The molecule has 288 valence electrons. The van der Waals surface area contributed by atoms with Gasteiger partial charge in [0.2, 0.25) is 0 Å². The van der Waals surface area contributed by atoms with E-state index in [9.17, 15) is 10.2 Å². The van der Waals surface area contributed by atoms with Gasteiger partial charge < -0.3 is 0 Å². The van der Waals surface area contributed by atoms with E-state index >= 15 is 0 Å². The van der Waals surface area contributed by atoms with E-state index in [0.717, 1.165) is 44.3 Å². The minimum Gasteiger partial charge on any atom is -0.199 e. The maximum absolute atomic E-state index is 11.4. The molecule has 53 heavy (non-hydrogen) atoms. The third kappa shape index (κ3) is 12.7. The van der Waals surface area contributed by atoms with Gasteiger partial charge in [-0.25, -0.2) is 0 Å². The van der Waals surface area contributed by atoms with Crippen molar-refractivity contribution in [2.75, 3.05) is 0 Å². The Labute approximate surface area is 335 Å². The van der Waals surface area contributed by atoms with Crippen LogP contribution in [-0.4, -0.2) is 20.7 Å². The standard InChI is InChI=1S/C34H52O2S2.2C7H7.Zr/c1-21(2)25-15-27(33(35)29(17-25)23(5)6)19-37-31-13-11-9-10-12-14-32(31)38-20-28-16-26(22(3)4)18-30(24(7)8)34(28)36;2*1-7-5-3-2-4-6-7;/h15-18,21-24,31-32,35-36H,9-14,19-20H2,1-8H3;2*2-6H,1H2;/q;2*-1;/t31-,32?;;;/m0.../s1. The fourth-order valence-electron chi connectivity index (χ4n) is 7.15. The minimum atomic E-state index is -0.711. The number of hydrogen-bond acceptors (Lipinski definition) is 2. The molecule has 2 unspecified atom stereocenters. The molecular formula is C48H66O2S2Zr-2. The summed E-state index contributed by atoms with van der Waals surface area (Å²) in [4.78, 5) is 0. The summed E-state index contributed by atoms with van der Waals surface area (Å²) in [6.45, 7) is 25.4. The minimum absolute atomic E-state index is 0.337. The zero-order valence-corrected chi connectivity index (χ0v) is 37.9. The molecule has 2 nitrogen and oxygen atoms in total. The van der Waals surface area contributed by atoms with Crippen LogP contribution in [0.2, 0.25) is 0 Å². The maximum atomic E-state index is 11.4. The Bertz CT molecular complexity index is 1690. The van der Waals surface area contributed by atoms with E-state index in [1.54, 1.807) is 0 Å². The van der Waals surface area contributed by atoms with E-state index < -0.39 is 19.2 Å². The average Bonchev–Trinajstić information content (AvgIpc) is 3.40. The van der Waals surface area contributed by atoms with Gasteiger partial charge in [0.05, 0.1) is 0 Å². The summed E-state index contributed by atoms with van der Waals surface area (Å²) in [5.74, 6) is 4.98. The second kappa shape index (κ2) is 21.2. The van der Waals surface area contributed by atoms with Crippen molar-refractivity contribution in [1.82, 2.24) is 0 Å². The van der Waals surface area contributed by atoms with Crippen LogP contribution in [-0.2, 0) is 30.7 Å². The predicted molar refractivity (Wildman–Crippen MR) is 232 cm³/mol. The van der Waals surface area contributed by atoms with Crippen LogP contribution in [0, 0.1) is 13.8 Å². The van der Waals surface area contributed by atoms with Gasteiger partial charge in [-0.15, -0.1) is 24.3 Å². The summed E-state index contributed by atoms with van der Waals surface area (Å²) in [5.41, 5.74) is 9.63. The van der Waals surface area contributed by atoms with Crippen LogP contribution in [0.25, 0.3) is 0 Å². The van der Waals surface area contributed by atoms with Gasteiger partial charge in [-0.2, -0.15) is 49.2 Å². The molecule has 6 rings (SSSR count). The first-order valence-electron chi connectivity index (χ1n) is 19.9. The van der Waals surface area contributed by atoms with E-state index in [1.165, 1.54) is 60.8 Å². The third-order valence-electron chi connectivity index (χ3n) is 10.5. The Morgan fingerprint density at radius 1 is 0.547 bits per heavy atom. The van der Waals surface area contributed by atoms with Crippen LogP contribution in [0.4, 0.5) is 0 Å². The molecule has 0 spiro atoms. The number of fused-ring (bicyclic) bond motifs is 1. The van der Waals surface area contributed by atoms with Gasteiger partial charge in [-0.3, -0.25) is 0 Å². The Hall–Kier alpha value is -2.20. The van der Waals surface area contributed by atoms with Gasteiger partial charge in [-0.05, 0) is 0 Å². The fraction of sp³-hybridized carbons (Fsp3) is 0.458. The van der Waals surface area contributed by atoms with Crippen molar-refractivity contribution in [2.24, 2.45) is 0 Å². The zero-order valence-electron chi connectivity index (χ0n) is 33.8. The second-order valence-corrected chi connectivity index (χ2v) is 31.7. The van der Waals surface area contributed by atoms with Gasteiger partial charge in [0.1, 0.15) is 0 Å². The van der Waals surface area contributed by atoms with E-state index in [2.05, 4.69) is 93.5 Å². The first-order valence-corrected chi connectivity index (χ1v) is 28.8. The Kier molecular flexibility index (Phi) is 17.4. The predicted octanol–water partition coefficient (Wildman–Crippen LogP) is 14.6. The van der Waals surface area contributed by atoms with Crippen molar-refractivity contribution in [1.29, 1.82) is 0 Å². The quantitative estimate of drug-likeness (QED) is 0.174. The van der Waals surface area contributed by atoms with E-state index in [4.69, 9.17) is 0 Å². The number of aromatic hydroxyl groups is 2. The summed E-state index contributed by atoms with van der Waals surface area (Å²) < 4.78 is 0. The van der Waals surface area contributed by atoms with Gasteiger partial charge in [0.25, 0.3) is 0 Å². The Morgan fingerprint density at radius 3 is 1.19 bits per heavy atom. The smallest absolute Gasteiger partial charge is 0.0866 e. The normalized spacial score (nSPS) is 19.6. The van der Waals surface area contributed by atoms with Gasteiger partial charge in [0.15, 0.2) is 0 Å². The number of benzene rings is 4. The van der Waals surface area contributed by atoms with Crippen molar-refractivity contribution in [2.45, 2.75) is 140 Å². The molecule has 1 saturated carbocycles. The molecule has 1 heterocycles. The summed E-state index contributed by atoms with van der Waals surface area (Å²) in [6.07, 6.45) is 8.30. The van der Waals surface area contributed by atoms with Gasteiger partial charge in [0, 0.05) is 0 Å². The van der Waals surface area contributed by atoms with E-state index in [0.29, 0.717) is 49.4 Å². The molecule has 2 aliphatic rings. The molecule has 5 heteroatoms. The molecular weight excluding hydrogens is 764 g/mol. The van der Waals surface area contributed by atoms with Crippen LogP contribution < -0.4 is 0 Å². The summed E-state index contributed by atoms with van der Waals surface area (Å²) in [5, 5.41) is 24.5. The maximum Gasteiger partial charge on any atom is -0.0866 e. The summed E-state index contributed by atoms with van der Waals surface area (Å²) in [7, 11) is 0.870. The molecule has 0 saturated heterocycles. The average molecular weight is 830 g/mol. The molecule has 1 fully saturated rings. The largest absolute Gasteiger partial charge is 0.199 e. The molecule has 2 N–H and O–H groups in total. The van der Waals surface area contributed by atoms with Crippen LogP contribution in [0.1, 0.15) is 162 Å². The molecule has 0 aromatic heterocycles. The Balaban J connectivity index is 0.000000370. The SMILES string of the molecule is CC(C)c1cc(C[S]2=[Zr]=[S@@](Cc3cc(C(C)C)cc(C(C)C)c3O)C3CCCCCC[C@@H]32)c(O)c(C(C)C)c1.[CH2-]c1ccccc1.[CH2-]c1ccccc1. The number of rotatable bonds is 8. The van der Waals surface area contributed by atoms with Crippen LogP contribution in [0.3, 0.4) is 0 Å². The summed E-state index contributed by atoms with van der Waals surface area (Å²) >= 11 is -0.711. The molecule has 4 atom stereocenters. The molecule has 0 bridgehead atoms. The van der Waals surface area contributed by atoms with Crippen molar-refractivity contribution < 1.29 is 29.4 Å². The van der Waals surface area contributed by atoms with Crippen LogP contribution in [0.5, 0.6) is 11.5 Å². The van der Waals surface area contributed by atoms with Crippen LogP contribution in [0.15, 0.2) is 84.9 Å². The molecule has 1 aliphatic heterocycles. The summed E-state index contributed by atoms with van der Waals surface area (Å²) in [6, 6.07) is 29.0. The monoisotopic (exact) mass is 828 g/mol. The fourth-order valence-corrected chi connectivity index (χ4v) is 36.0. The van der Waals surface area contributed by atoms with Crippen molar-refractivity contribution in [3.8, 4) is 11.5 Å². The van der Waals surface area contributed by atoms with Crippen LogP contribution >= 0.6 is 14.2 Å². The third-order valence-corrected chi connectivity index (χ3v) is 32.2. The van der Waals surface area contributed by atoms with Crippen molar-refractivity contribution >= 4 is 14.2 Å². The molecule has 4 aromatic carbocycles. The molecule has 0 amide bonds. The van der Waals surface area contributed by atoms with Gasteiger partial charge >= 0.3 is 252 Å². The first-order chi connectivity index (χ1) is 25.3. The molecule has 0 radical (unpaired) electrons. The van der Waals surface area contributed by atoms with E-state index in [-0.39, 0.29) is 0 Å². The molecule has 1 aliphatic carbocycles. The zero-order chi connectivity index (χ0) is 38.7. The molecule has 4 aromatic rings. The second-order valence-electron chi connectivity index (χ2n) is 16.1. The topological polar surface area (TPSA) is 40.5 Å². The van der Waals surface area contributed by atoms with E-state index in [1.807, 2.05) is 60.7 Å². The van der Waals surface area contributed by atoms with Crippen molar-refractivity contribution in [3.05, 3.63) is 143 Å². The number of hydrogen-bond donors (Lipinski definition) is 2.